The summed E-state index contributed by atoms with van der Waals surface area (Å²) in [5.41, 5.74) is 1.63. The van der Waals surface area contributed by atoms with Gasteiger partial charge >= 0.3 is 0 Å². The smallest absolute Gasteiger partial charge is 0.226 e. The number of halogens is 1. The van der Waals surface area contributed by atoms with Crippen molar-refractivity contribution in [1.82, 2.24) is 15.5 Å². The minimum Gasteiger partial charge on any atom is -0.356 e. The fourth-order valence-electron chi connectivity index (χ4n) is 2.91. The number of benzene rings is 1. The van der Waals surface area contributed by atoms with Crippen molar-refractivity contribution in [1.29, 1.82) is 0 Å². The summed E-state index contributed by atoms with van der Waals surface area (Å²) in [6, 6.07) is 5.82. The monoisotopic (exact) mass is 409 g/mol. The molecule has 1 atom stereocenters. The van der Waals surface area contributed by atoms with E-state index in [1.807, 2.05) is 25.1 Å². The fourth-order valence-corrected chi connectivity index (χ4v) is 3.09. The highest BCUT2D eigenvalue weighted by molar-refractivity contribution is 6.31. The van der Waals surface area contributed by atoms with E-state index in [0.717, 1.165) is 49.7 Å². The standard InChI is InChI=1S/C21H36ClN5O/c1-6-27(7-2)15-9-10-16(3)25-21(23-5)24-14-13-20(28)26-19-12-8-11-18(22)17(19)4/h8,11-12,16H,6-7,9-10,13-15H2,1-5H3,(H,26,28)(H2,23,24,25). The minimum absolute atomic E-state index is 0.0550. The van der Waals surface area contributed by atoms with Gasteiger partial charge in [-0.25, -0.2) is 0 Å². The first kappa shape index (κ1) is 24.2. The molecule has 0 heterocycles. The molecule has 0 saturated carbocycles. The van der Waals surface area contributed by atoms with E-state index in [0.29, 0.717) is 24.0 Å². The van der Waals surface area contributed by atoms with Crippen molar-refractivity contribution in [2.75, 3.05) is 38.5 Å². The highest BCUT2D eigenvalue weighted by atomic mass is 35.5. The van der Waals surface area contributed by atoms with Crippen LogP contribution in [0.4, 0.5) is 5.69 Å². The van der Waals surface area contributed by atoms with Crippen molar-refractivity contribution in [2.24, 2.45) is 4.99 Å². The zero-order valence-electron chi connectivity index (χ0n) is 17.9. The number of carbonyl (C=O) groups excluding carboxylic acids is 1. The predicted molar refractivity (Wildman–Crippen MR) is 120 cm³/mol. The van der Waals surface area contributed by atoms with Crippen LogP contribution in [0.5, 0.6) is 0 Å². The van der Waals surface area contributed by atoms with Gasteiger partial charge in [0.2, 0.25) is 5.91 Å². The summed E-state index contributed by atoms with van der Waals surface area (Å²) in [4.78, 5) is 18.8. The van der Waals surface area contributed by atoms with Crippen molar-refractivity contribution >= 4 is 29.2 Å². The Morgan fingerprint density at radius 2 is 2.00 bits per heavy atom. The average Bonchev–Trinajstić information content (AvgIpc) is 2.68. The normalized spacial score (nSPS) is 12.8. The molecule has 0 aliphatic rings. The van der Waals surface area contributed by atoms with Gasteiger partial charge < -0.3 is 20.9 Å². The van der Waals surface area contributed by atoms with Crippen molar-refractivity contribution in [3.8, 4) is 0 Å². The maximum absolute atomic E-state index is 12.2. The van der Waals surface area contributed by atoms with Gasteiger partial charge in [0.05, 0.1) is 0 Å². The van der Waals surface area contributed by atoms with E-state index in [1.54, 1.807) is 7.05 Å². The Kier molecular flexibility index (Phi) is 11.6. The Labute approximate surface area is 175 Å². The van der Waals surface area contributed by atoms with E-state index in [-0.39, 0.29) is 5.91 Å². The Morgan fingerprint density at radius 3 is 2.64 bits per heavy atom. The summed E-state index contributed by atoms with van der Waals surface area (Å²) < 4.78 is 0. The third kappa shape index (κ3) is 8.93. The molecule has 3 N–H and O–H groups in total. The van der Waals surface area contributed by atoms with Crippen LogP contribution in [0.15, 0.2) is 23.2 Å². The second kappa shape index (κ2) is 13.4. The maximum Gasteiger partial charge on any atom is 0.226 e. The van der Waals surface area contributed by atoms with E-state index in [1.165, 1.54) is 0 Å². The molecule has 0 aromatic heterocycles. The van der Waals surface area contributed by atoms with Crippen LogP contribution in [0.25, 0.3) is 0 Å². The SMILES string of the molecule is CCN(CC)CCCC(C)NC(=NC)NCCC(=O)Nc1cccc(Cl)c1C. The Bertz CT molecular complexity index is 631. The molecule has 1 amide bonds. The van der Waals surface area contributed by atoms with E-state index < -0.39 is 0 Å². The molecule has 28 heavy (non-hydrogen) atoms. The van der Waals surface area contributed by atoms with Crippen LogP contribution in [0, 0.1) is 6.92 Å². The Balaban J connectivity index is 2.31. The lowest BCUT2D eigenvalue weighted by molar-refractivity contribution is -0.116. The highest BCUT2D eigenvalue weighted by Gasteiger charge is 2.09. The summed E-state index contributed by atoms with van der Waals surface area (Å²) in [7, 11) is 1.74. The van der Waals surface area contributed by atoms with Gasteiger partial charge in [-0.05, 0) is 64.0 Å². The van der Waals surface area contributed by atoms with Crippen LogP contribution in [-0.4, -0.2) is 56.0 Å². The molecular formula is C21H36ClN5O. The van der Waals surface area contributed by atoms with Gasteiger partial charge in [-0.15, -0.1) is 0 Å². The highest BCUT2D eigenvalue weighted by Crippen LogP contribution is 2.22. The summed E-state index contributed by atoms with van der Waals surface area (Å²) in [6.07, 6.45) is 2.57. The quantitative estimate of drug-likeness (QED) is 0.385. The number of anilines is 1. The molecule has 0 spiro atoms. The minimum atomic E-state index is -0.0550. The second-order valence-electron chi connectivity index (χ2n) is 6.92. The number of rotatable bonds is 11. The third-order valence-electron chi connectivity index (χ3n) is 4.80. The first-order valence-electron chi connectivity index (χ1n) is 10.2. The number of hydrogen-bond acceptors (Lipinski definition) is 3. The molecule has 0 aliphatic carbocycles. The number of amides is 1. The second-order valence-corrected chi connectivity index (χ2v) is 7.33. The molecule has 0 radical (unpaired) electrons. The van der Waals surface area contributed by atoms with Gasteiger partial charge in [-0.3, -0.25) is 9.79 Å². The van der Waals surface area contributed by atoms with E-state index >= 15 is 0 Å². The molecule has 1 unspecified atom stereocenters. The van der Waals surface area contributed by atoms with E-state index in [9.17, 15) is 4.79 Å². The third-order valence-corrected chi connectivity index (χ3v) is 5.21. The first-order chi connectivity index (χ1) is 13.4. The molecular weight excluding hydrogens is 374 g/mol. The molecule has 0 bridgehead atoms. The molecule has 0 saturated heterocycles. The summed E-state index contributed by atoms with van der Waals surface area (Å²) in [5, 5.41) is 10.1. The lowest BCUT2D eigenvalue weighted by atomic mass is 10.2. The molecule has 1 aromatic rings. The van der Waals surface area contributed by atoms with Crippen LogP contribution < -0.4 is 16.0 Å². The van der Waals surface area contributed by atoms with Crippen molar-refractivity contribution in [2.45, 2.75) is 53.0 Å². The van der Waals surface area contributed by atoms with Gasteiger partial charge in [-0.1, -0.05) is 31.5 Å². The fraction of sp³-hybridized carbons (Fsp3) is 0.619. The summed E-state index contributed by atoms with van der Waals surface area (Å²) in [6.45, 7) is 12.3. The van der Waals surface area contributed by atoms with Gasteiger partial charge in [0, 0.05) is 36.8 Å². The number of nitrogens with one attached hydrogen (secondary N) is 3. The van der Waals surface area contributed by atoms with E-state index in [2.05, 4.69) is 46.6 Å². The van der Waals surface area contributed by atoms with Crippen molar-refractivity contribution in [3.05, 3.63) is 28.8 Å². The molecule has 1 aromatic carbocycles. The lowest BCUT2D eigenvalue weighted by Gasteiger charge is -2.21. The molecule has 0 aliphatic heterocycles. The molecule has 7 heteroatoms. The van der Waals surface area contributed by atoms with Crippen LogP contribution in [0.1, 0.15) is 45.6 Å². The first-order valence-corrected chi connectivity index (χ1v) is 10.5. The topological polar surface area (TPSA) is 68.8 Å². The van der Waals surface area contributed by atoms with Gasteiger partial charge in [0.1, 0.15) is 0 Å². The molecule has 158 valence electrons. The Morgan fingerprint density at radius 1 is 1.29 bits per heavy atom. The lowest BCUT2D eigenvalue weighted by Crippen LogP contribution is -2.43. The number of hydrogen-bond donors (Lipinski definition) is 3. The molecule has 1 rings (SSSR count). The number of guanidine groups is 1. The van der Waals surface area contributed by atoms with Gasteiger partial charge in [0.15, 0.2) is 5.96 Å². The van der Waals surface area contributed by atoms with Crippen LogP contribution >= 0.6 is 11.6 Å². The van der Waals surface area contributed by atoms with Crippen LogP contribution in [0.3, 0.4) is 0 Å². The predicted octanol–water partition coefficient (Wildman–Crippen LogP) is 3.65. The van der Waals surface area contributed by atoms with Crippen LogP contribution in [-0.2, 0) is 4.79 Å². The van der Waals surface area contributed by atoms with Gasteiger partial charge in [-0.2, -0.15) is 0 Å². The number of aliphatic imine (C=N–C) groups is 1. The molecule has 6 nitrogen and oxygen atoms in total. The zero-order chi connectivity index (χ0) is 20.9. The summed E-state index contributed by atoms with van der Waals surface area (Å²) in [5.74, 6) is 0.669. The Hall–Kier alpha value is -1.79. The average molecular weight is 410 g/mol. The maximum atomic E-state index is 12.2. The largest absolute Gasteiger partial charge is 0.356 e. The zero-order valence-corrected chi connectivity index (χ0v) is 18.7. The van der Waals surface area contributed by atoms with Crippen LogP contribution in [0.2, 0.25) is 5.02 Å². The number of carbonyl (C=O) groups is 1. The molecule has 0 fully saturated rings. The summed E-state index contributed by atoms with van der Waals surface area (Å²) >= 11 is 6.09. The van der Waals surface area contributed by atoms with Crippen molar-refractivity contribution < 1.29 is 4.79 Å². The van der Waals surface area contributed by atoms with Gasteiger partial charge in [0.25, 0.3) is 0 Å². The number of nitrogens with zero attached hydrogens (tertiary/aromatic N) is 2. The van der Waals surface area contributed by atoms with E-state index in [4.69, 9.17) is 11.6 Å². The van der Waals surface area contributed by atoms with Crippen molar-refractivity contribution in [3.63, 3.8) is 0 Å².